The molecule has 0 saturated heterocycles. The van der Waals surface area contributed by atoms with Crippen LogP contribution < -0.4 is 16.9 Å². The summed E-state index contributed by atoms with van der Waals surface area (Å²) in [5, 5.41) is 0. The largest absolute Gasteiger partial charge is 0.496 e. The van der Waals surface area contributed by atoms with Gasteiger partial charge in [-0.2, -0.15) is 7.39 Å². The van der Waals surface area contributed by atoms with E-state index in [0.29, 0.717) is 0 Å². The maximum absolute atomic E-state index is 5.45. The van der Waals surface area contributed by atoms with Crippen molar-refractivity contribution in [1.82, 2.24) is 0 Å². The first kappa shape index (κ1) is 19.3. The van der Waals surface area contributed by atoms with Crippen LogP contribution in [0.4, 0.5) is 0 Å². The average molecular weight is 376 g/mol. The molecule has 0 aliphatic rings. The first-order valence-corrected chi connectivity index (χ1v) is 8.66. The van der Waals surface area contributed by atoms with Crippen LogP contribution in [0.15, 0.2) is 24.3 Å². The van der Waals surface area contributed by atoms with E-state index >= 15 is 0 Å². The summed E-state index contributed by atoms with van der Waals surface area (Å²) in [5.41, 5.74) is 4.90. The molecule has 0 aromatic heterocycles. The van der Waals surface area contributed by atoms with E-state index in [4.69, 9.17) is 9.47 Å². The number of hydrogen-bond donors (Lipinski definition) is 0. The lowest BCUT2D eigenvalue weighted by atomic mass is 10.1. The third kappa shape index (κ3) is 4.18. The van der Waals surface area contributed by atoms with Crippen LogP contribution in [0, 0.1) is 27.7 Å². The number of ether oxygens (including phenoxy) is 2. The van der Waals surface area contributed by atoms with E-state index in [1.54, 1.807) is 14.2 Å². The second-order valence-corrected chi connectivity index (χ2v) is 7.69. The van der Waals surface area contributed by atoms with Crippen molar-refractivity contribution in [3.05, 3.63) is 46.5 Å². The molecule has 0 radical (unpaired) electrons. The molecule has 0 amide bonds. The third-order valence-corrected chi connectivity index (χ3v) is 5.49. The standard InChI is InChI=1S/2C9H11O.BrH.Mg/c2*1-7-5-4-6-8(2)9(7)10-3;;/h2*5-6H,1-3H3;1H;. The Morgan fingerprint density at radius 3 is 1.14 bits per heavy atom. The van der Waals surface area contributed by atoms with Crippen LogP contribution in [0.1, 0.15) is 22.3 Å². The van der Waals surface area contributed by atoms with Crippen LogP contribution in [-0.4, -0.2) is 34.6 Å². The first-order valence-electron chi connectivity index (χ1n) is 7.24. The molecule has 0 atom stereocenters. The summed E-state index contributed by atoms with van der Waals surface area (Å²) in [6, 6.07) is 9.08. The van der Waals surface area contributed by atoms with Crippen LogP contribution in [-0.2, 0) is 0 Å². The Kier molecular flexibility index (Phi) is 7.23. The number of benzene rings is 2. The molecule has 0 fully saturated rings. The van der Waals surface area contributed by atoms with Crippen molar-refractivity contribution >= 4 is 44.7 Å². The number of rotatable bonds is 4. The van der Waals surface area contributed by atoms with Gasteiger partial charge in [-0.3, -0.25) is 0 Å². The minimum atomic E-state index is -0.478. The van der Waals surface area contributed by atoms with Gasteiger partial charge >= 0.3 is 20.4 Å². The Bertz CT molecular complexity index is 565. The van der Waals surface area contributed by atoms with Crippen molar-refractivity contribution in [2.45, 2.75) is 27.7 Å². The zero-order valence-electron chi connectivity index (χ0n) is 14.2. The van der Waals surface area contributed by atoms with Gasteiger partial charge in [0.15, 0.2) is 0 Å². The first-order chi connectivity index (χ1) is 9.96. The van der Waals surface area contributed by atoms with Gasteiger partial charge in [0.2, 0.25) is 0 Å². The molecule has 116 valence electrons. The molecule has 0 saturated carbocycles. The van der Waals surface area contributed by atoms with E-state index in [0.717, 1.165) is 11.5 Å². The van der Waals surface area contributed by atoms with Crippen LogP contribution in [0.2, 0.25) is 0 Å². The summed E-state index contributed by atoms with van der Waals surface area (Å²) in [4.78, 5) is 0. The highest BCUT2D eigenvalue weighted by Gasteiger charge is 2.11. The molecule has 2 aromatic rings. The molecular formula is C18H23BrMgO2. The maximum atomic E-state index is 5.45. The van der Waals surface area contributed by atoms with Gasteiger partial charge < -0.3 is 9.47 Å². The lowest BCUT2D eigenvalue weighted by molar-refractivity contribution is 0.408. The molecule has 2 rings (SSSR count). The van der Waals surface area contributed by atoms with Gasteiger partial charge in [0.25, 0.3) is 0 Å². The number of aryl methyl sites for hydroxylation is 4. The summed E-state index contributed by atoms with van der Waals surface area (Å²) >= 11 is -0.478. The molecule has 4 heteroatoms. The second-order valence-electron chi connectivity index (χ2n) is 5.70. The van der Waals surface area contributed by atoms with Gasteiger partial charge in [0.05, 0.1) is 14.2 Å². The monoisotopic (exact) mass is 374 g/mol. The molecule has 22 heavy (non-hydrogen) atoms. The lowest BCUT2D eigenvalue weighted by Crippen LogP contribution is -2.28. The van der Waals surface area contributed by atoms with Gasteiger partial charge in [-0.05, 0) is 49.9 Å². The fourth-order valence-corrected chi connectivity index (χ4v) is 5.27. The van der Waals surface area contributed by atoms with Crippen LogP contribution in [0.5, 0.6) is 11.5 Å². The molecule has 2 aromatic carbocycles. The topological polar surface area (TPSA) is 18.5 Å². The summed E-state index contributed by atoms with van der Waals surface area (Å²) < 4.78 is 13.8. The highest BCUT2D eigenvalue weighted by atomic mass is 79.9. The molecule has 2 nitrogen and oxygen atoms in total. The molecule has 0 heterocycles. The van der Waals surface area contributed by atoms with Crippen molar-refractivity contribution in [2.75, 3.05) is 14.2 Å². The van der Waals surface area contributed by atoms with Crippen LogP contribution >= 0.6 is 17.0 Å². The van der Waals surface area contributed by atoms with Crippen molar-refractivity contribution in [1.29, 1.82) is 0 Å². The van der Waals surface area contributed by atoms with Gasteiger partial charge in [-0.15, -0.1) is 17.0 Å². The fraction of sp³-hybridized carbons (Fsp3) is 0.333. The lowest BCUT2D eigenvalue weighted by Gasteiger charge is -2.13. The van der Waals surface area contributed by atoms with Gasteiger partial charge in [0.1, 0.15) is 11.5 Å². The SMILES string of the molecule is Br.COc1c(C)c[c]([Mg][c]2cc(C)c(OC)c(C)c2)cc1C. The maximum Gasteiger partial charge on any atom is 0.450 e. The second kappa shape index (κ2) is 8.23. The zero-order valence-corrected chi connectivity index (χ0v) is 17.4. The normalized spacial score (nSPS) is 9.73. The van der Waals surface area contributed by atoms with Gasteiger partial charge in [0, 0.05) is 0 Å². The predicted octanol–water partition coefficient (Wildman–Crippen LogP) is 3.17. The molecular weight excluding hydrogens is 352 g/mol. The van der Waals surface area contributed by atoms with E-state index in [-0.39, 0.29) is 17.0 Å². The summed E-state index contributed by atoms with van der Waals surface area (Å²) in [5.74, 6) is 2.02. The van der Waals surface area contributed by atoms with E-state index in [9.17, 15) is 0 Å². The van der Waals surface area contributed by atoms with E-state index in [1.807, 2.05) is 0 Å². The number of hydrogen-bond acceptors (Lipinski definition) is 2. The summed E-state index contributed by atoms with van der Waals surface area (Å²) in [6.07, 6.45) is 0. The molecule has 0 aliphatic carbocycles. The Morgan fingerprint density at radius 1 is 0.636 bits per heavy atom. The predicted molar refractivity (Wildman–Crippen MR) is 100 cm³/mol. The molecule has 0 spiro atoms. The van der Waals surface area contributed by atoms with E-state index in [1.165, 1.54) is 29.6 Å². The molecule has 0 unspecified atom stereocenters. The minimum absolute atomic E-state index is 0. The fourth-order valence-electron chi connectivity index (χ4n) is 3.16. The van der Waals surface area contributed by atoms with Crippen molar-refractivity contribution in [2.24, 2.45) is 0 Å². The third-order valence-electron chi connectivity index (χ3n) is 3.86. The minimum Gasteiger partial charge on any atom is -0.496 e. The highest BCUT2D eigenvalue weighted by molar-refractivity contribution is 8.93. The van der Waals surface area contributed by atoms with Crippen molar-refractivity contribution in [3.63, 3.8) is 0 Å². The summed E-state index contributed by atoms with van der Waals surface area (Å²) in [7, 11) is 3.48. The number of methoxy groups -OCH3 is 2. The van der Waals surface area contributed by atoms with E-state index < -0.39 is 20.4 Å². The number of halogens is 1. The van der Waals surface area contributed by atoms with Crippen molar-refractivity contribution in [3.8, 4) is 11.5 Å². The molecule has 0 N–H and O–H groups in total. The zero-order chi connectivity index (χ0) is 15.6. The van der Waals surface area contributed by atoms with Crippen LogP contribution in [0.25, 0.3) is 0 Å². The van der Waals surface area contributed by atoms with Crippen LogP contribution in [0.3, 0.4) is 0 Å². The Balaban J connectivity index is 0.00000242. The van der Waals surface area contributed by atoms with Gasteiger partial charge in [-0.1, -0.05) is 24.3 Å². The Hall–Kier alpha value is -0.714. The Morgan fingerprint density at radius 2 is 0.909 bits per heavy atom. The van der Waals surface area contributed by atoms with Crippen molar-refractivity contribution < 1.29 is 9.47 Å². The summed E-state index contributed by atoms with van der Waals surface area (Å²) in [6.45, 7) is 8.48. The van der Waals surface area contributed by atoms with Gasteiger partial charge in [-0.25, -0.2) is 0 Å². The average Bonchev–Trinajstić information content (AvgIpc) is 2.38. The molecule has 0 bridgehead atoms. The quantitative estimate of drug-likeness (QED) is 0.764. The van der Waals surface area contributed by atoms with E-state index in [2.05, 4.69) is 52.0 Å². The Labute approximate surface area is 153 Å². The molecule has 0 aliphatic heterocycles. The highest BCUT2D eigenvalue weighted by Crippen LogP contribution is 2.22. The smallest absolute Gasteiger partial charge is 0.450 e.